The van der Waals surface area contributed by atoms with Crippen LogP contribution < -0.4 is 14.8 Å². The van der Waals surface area contributed by atoms with Crippen molar-refractivity contribution in [1.29, 1.82) is 0 Å². The molecule has 0 saturated carbocycles. The molecule has 0 atom stereocenters. The predicted octanol–water partition coefficient (Wildman–Crippen LogP) is 6.36. The molecule has 6 heteroatoms. The first-order valence-corrected chi connectivity index (χ1v) is 12.5. The molecule has 6 nitrogen and oxygen atoms in total. The average molecular weight is 484 g/mol. The number of carbonyl (C=O) groups is 1. The molecular formula is C30H33N3O3. The van der Waals surface area contributed by atoms with Crippen molar-refractivity contribution in [1.82, 2.24) is 9.78 Å². The highest BCUT2D eigenvalue weighted by Crippen LogP contribution is 2.30. The fourth-order valence-electron chi connectivity index (χ4n) is 4.09. The van der Waals surface area contributed by atoms with E-state index in [1.807, 2.05) is 91.5 Å². The van der Waals surface area contributed by atoms with E-state index >= 15 is 0 Å². The number of aromatic nitrogens is 2. The highest BCUT2D eigenvalue weighted by atomic mass is 16.5. The van der Waals surface area contributed by atoms with Crippen molar-refractivity contribution in [2.45, 2.75) is 39.7 Å². The second-order valence-electron chi connectivity index (χ2n) is 8.49. The molecule has 36 heavy (non-hydrogen) atoms. The van der Waals surface area contributed by atoms with Gasteiger partial charge in [0, 0.05) is 18.2 Å². The molecular weight excluding hydrogens is 450 g/mol. The molecule has 0 unspecified atom stereocenters. The number of benzene rings is 3. The summed E-state index contributed by atoms with van der Waals surface area (Å²) in [5.74, 6) is 1.48. The van der Waals surface area contributed by atoms with Gasteiger partial charge in [0.2, 0.25) is 5.91 Å². The summed E-state index contributed by atoms with van der Waals surface area (Å²) >= 11 is 0. The van der Waals surface area contributed by atoms with Crippen molar-refractivity contribution in [3.63, 3.8) is 0 Å². The zero-order valence-electron chi connectivity index (χ0n) is 20.9. The van der Waals surface area contributed by atoms with E-state index in [1.54, 1.807) is 0 Å². The Balaban J connectivity index is 1.41. The largest absolute Gasteiger partial charge is 0.490 e. The number of rotatable bonds is 12. The highest BCUT2D eigenvalue weighted by Gasteiger charge is 2.14. The van der Waals surface area contributed by atoms with Gasteiger partial charge in [-0.1, -0.05) is 66.7 Å². The molecule has 1 heterocycles. The molecule has 1 N–H and O–H groups in total. The van der Waals surface area contributed by atoms with Gasteiger partial charge >= 0.3 is 0 Å². The molecule has 4 rings (SSSR count). The van der Waals surface area contributed by atoms with E-state index in [-0.39, 0.29) is 5.91 Å². The van der Waals surface area contributed by atoms with Gasteiger partial charge in [-0.25, -0.2) is 0 Å². The van der Waals surface area contributed by atoms with Crippen molar-refractivity contribution in [2.24, 2.45) is 0 Å². The summed E-state index contributed by atoms with van der Waals surface area (Å²) in [4.78, 5) is 12.9. The van der Waals surface area contributed by atoms with Gasteiger partial charge in [-0.05, 0) is 49.9 Å². The molecule has 4 aromatic rings. The summed E-state index contributed by atoms with van der Waals surface area (Å²) in [6.07, 6.45) is 3.83. The number of amides is 1. The Bertz CT molecular complexity index is 1250. The van der Waals surface area contributed by atoms with E-state index in [0.29, 0.717) is 26.2 Å². The Kier molecular flexibility index (Phi) is 8.76. The molecule has 3 aromatic carbocycles. The Morgan fingerprint density at radius 3 is 2.28 bits per heavy atom. The minimum Gasteiger partial charge on any atom is -0.490 e. The van der Waals surface area contributed by atoms with Crippen LogP contribution in [0.15, 0.2) is 85.1 Å². The van der Waals surface area contributed by atoms with E-state index in [0.717, 1.165) is 52.4 Å². The van der Waals surface area contributed by atoms with Crippen molar-refractivity contribution in [3.05, 3.63) is 96.2 Å². The standard InChI is InChI=1S/C30H33N3O3/c1-3-35-27-19-18-23(20-28(27)36-4-2)14-11-17-29(34)31-26-22-33(21-24-12-7-5-8-13-24)32-30(26)25-15-9-6-10-16-25/h5-10,12-13,15-16,18-20,22H,3-4,11,14,17,21H2,1-2H3,(H,31,34). The van der Waals surface area contributed by atoms with Gasteiger partial charge in [0.05, 0.1) is 25.4 Å². The van der Waals surface area contributed by atoms with Gasteiger partial charge in [-0.2, -0.15) is 5.10 Å². The molecule has 0 aliphatic carbocycles. The number of ether oxygens (including phenoxy) is 2. The van der Waals surface area contributed by atoms with Crippen LogP contribution in [0.5, 0.6) is 11.5 Å². The Morgan fingerprint density at radius 2 is 1.56 bits per heavy atom. The third kappa shape index (κ3) is 6.75. The smallest absolute Gasteiger partial charge is 0.224 e. The van der Waals surface area contributed by atoms with Crippen LogP contribution >= 0.6 is 0 Å². The van der Waals surface area contributed by atoms with Gasteiger partial charge in [-0.15, -0.1) is 0 Å². The number of anilines is 1. The quantitative estimate of drug-likeness (QED) is 0.255. The van der Waals surface area contributed by atoms with Crippen molar-refractivity contribution in [2.75, 3.05) is 18.5 Å². The summed E-state index contributed by atoms with van der Waals surface area (Å²) in [7, 11) is 0. The first kappa shape index (κ1) is 25.0. The summed E-state index contributed by atoms with van der Waals surface area (Å²) in [5.41, 5.74) is 4.74. The average Bonchev–Trinajstić information content (AvgIpc) is 3.28. The summed E-state index contributed by atoms with van der Waals surface area (Å²) in [6.45, 7) is 5.71. The van der Waals surface area contributed by atoms with Gasteiger partial charge in [0.25, 0.3) is 0 Å². The van der Waals surface area contributed by atoms with E-state index in [2.05, 4.69) is 17.4 Å². The molecule has 0 radical (unpaired) electrons. The lowest BCUT2D eigenvalue weighted by Gasteiger charge is -2.12. The maximum atomic E-state index is 12.9. The number of nitrogens with zero attached hydrogens (tertiary/aromatic N) is 2. The van der Waals surface area contributed by atoms with Crippen LogP contribution in [0.1, 0.15) is 37.8 Å². The fraction of sp³-hybridized carbons (Fsp3) is 0.267. The van der Waals surface area contributed by atoms with Crippen LogP contribution in [0.4, 0.5) is 5.69 Å². The minimum atomic E-state index is -0.0255. The summed E-state index contributed by atoms with van der Waals surface area (Å²) in [5, 5.41) is 7.88. The Hall–Kier alpha value is -4.06. The van der Waals surface area contributed by atoms with Crippen molar-refractivity contribution < 1.29 is 14.3 Å². The number of aryl methyl sites for hydroxylation is 1. The molecule has 0 aliphatic heterocycles. The van der Waals surface area contributed by atoms with E-state index < -0.39 is 0 Å². The highest BCUT2D eigenvalue weighted by molar-refractivity contribution is 5.94. The van der Waals surface area contributed by atoms with Crippen LogP contribution in [0.2, 0.25) is 0 Å². The van der Waals surface area contributed by atoms with Crippen LogP contribution in [-0.4, -0.2) is 28.9 Å². The summed E-state index contributed by atoms with van der Waals surface area (Å²) < 4.78 is 13.2. The van der Waals surface area contributed by atoms with Gasteiger partial charge < -0.3 is 14.8 Å². The molecule has 1 aromatic heterocycles. The molecule has 0 aliphatic rings. The minimum absolute atomic E-state index is 0.0255. The normalized spacial score (nSPS) is 10.7. The third-order valence-electron chi connectivity index (χ3n) is 5.75. The SMILES string of the molecule is CCOc1ccc(CCCC(=O)Nc2cn(Cc3ccccc3)nc2-c2ccccc2)cc1OCC. The maximum Gasteiger partial charge on any atom is 0.224 e. The Morgan fingerprint density at radius 1 is 0.861 bits per heavy atom. The van der Waals surface area contributed by atoms with E-state index in [4.69, 9.17) is 14.6 Å². The summed E-state index contributed by atoms with van der Waals surface area (Å²) in [6, 6.07) is 26.1. The van der Waals surface area contributed by atoms with Crippen molar-refractivity contribution >= 4 is 11.6 Å². The molecule has 0 saturated heterocycles. The first-order valence-electron chi connectivity index (χ1n) is 12.5. The number of nitrogens with one attached hydrogen (secondary N) is 1. The first-order chi connectivity index (χ1) is 17.7. The van der Waals surface area contributed by atoms with Crippen LogP contribution in [0.25, 0.3) is 11.3 Å². The topological polar surface area (TPSA) is 65.4 Å². The van der Waals surface area contributed by atoms with Gasteiger partial charge in [0.1, 0.15) is 5.69 Å². The lowest BCUT2D eigenvalue weighted by molar-refractivity contribution is -0.116. The second-order valence-corrected chi connectivity index (χ2v) is 8.49. The molecule has 0 spiro atoms. The Labute approximate surface area is 212 Å². The molecule has 0 fully saturated rings. The van der Waals surface area contributed by atoms with Gasteiger partial charge in [0.15, 0.2) is 11.5 Å². The van der Waals surface area contributed by atoms with Crippen LogP contribution in [0, 0.1) is 0 Å². The second kappa shape index (κ2) is 12.6. The number of hydrogen-bond acceptors (Lipinski definition) is 4. The molecule has 1 amide bonds. The van der Waals surface area contributed by atoms with Gasteiger partial charge in [-0.3, -0.25) is 9.48 Å². The van der Waals surface area contributed by atoms with E-state index in [9.17, 15) is 4.79 Å². The maximum absolute atomic E-state index is 12.9. The van der Waals surface area contributed by atoms with E-state index in [1.165, 1.54) is 0 Å². The lowest BCUT2D eigenvalue weighted by Crippen LogP contribution is -2.11. The molecule has 0 bridgehead atoms. The number of hydrogen-bond donors (Lipinski definition) is 1. The van der Waals surface area contributed by atoms with Crippen LogP contribution in [0.3, 0.4) is 0 Å². The predicted molar refractivity (Wildman–Crippen MR) is 144 cm³/mol. The number of carbonyl (C=O) groups excluding carboxylic acids is 1. The van der Waals surface area contributed by atoms with Crippen molar-refractivity contribution in [3.8, 4) is 22.8 Å². The monoisotopic (exact) mass is 483 g/mol. The molecule has 186 valence electrons. The fourth-order valence-corrected chi connectivity index (χ4v) is 4.09. The zero-order chi connectivity index (χ0) is 25.2. The third-order valence-corrected chi connectivity index (χ3v) is 5.75. The zero-order valence-corrected chi connectivity index (χ0v) is 20.9. The lowest BCUT2D eigenvalue weighted by atomic mass is 10.1. The van der Waals surface area contributed by atoms with Crippen LogP contribution in [-0.2, 0) is 17.8 Å².